The third-order valence-electron chi connectivity index (χ3n) is 3.55. The molecule has 1 saturated carbocycles. The average Bonchev–Trinajstić information content (AvgIpc) is 3.26. The van der Waals surface area contributed by atoms with Gasteiger partial charge in [0.25, 0.3) is 0 Å². The first kappa shape index (κ1) is 16.1. The van der Waals surface area contributed by atoms with Crippen molar-refractivity contribution < 1.29 is 22.6 Å². The number of nitrogens with zero attached hydrogens (tertiary/aromatic N) is 1. The number of rotatable bonds is 7. The van der Waals surface area contributed by atoms with Crippen molar-refractivity contribution in [3.63, 3.8) is 0 Å². The highest BCUT2D eigenvalue weighted by Gasteiger charge is 2.38. The van der Waals surface area contributed by atoms with Gasteiger partial charge in [-0.1, -0.05) is 18.2 Å². The average molecular weight is 303 g/mol. The predicted molar refractivity (Wildman–Crippen MR) is 74.4 cm³/mol. The van der Waals surface area contributed by atoms with Gasteiger partial charge in [-0.15, -0.1) is 0 Å². The molecule has 1 aromatic carbocycles. The summed E-state index contributed by atoms with van der Waals surface area (Å²) in [4.78, 5) is 1.46. The Hall–Kier alpha value is -1.27. The van der Waals surface area contributed by atoms with E-state index in [2.05, 4.69) is 0 Å². The van der Waals surface area contributed by atoms with Crippen LogP contribution in [0, 0.1) is 0 Å². The summed E-state index contributed by atoms with van der Waals surface area (Å²) in [5.41, 5.74) is 1.43. The van der Waals surface area contributed by atoms with Gasteiger partial charge in [0.2, 0.25) is 0 Å². The molecule has 1 fully saturated rings. The highest BCUT2D eigenvalue weighted by atomic mass is 19.4. The number of para-hydroxylation sites is 1. The van der Waals surface area contributed by atoms with Gasteiger partial charge in [0.05, 0.1) is 0 Å². The second-order valence-corrected chi connectivity index (χ2v) is 5.21. The fourth-order valence-electron chi connectivity index (χ4n) is 2.40. The van der Waals surface area contributed by atoms with E-state index in [0.29, 0.717) is 12.1 Å². The van der Waals surface area contributed by atoms with Gasteiger partial charge in [-0.3, -0.25) is 0 Å². The number of ether oxygens (including phenoxy) is 2. The molecule has 0 atom stereocenters. The van der Waals surface area contributed by atoms with Crippen molar-refractivity contribution in [3.8, 4) is 0 Å². The summed E-state index contributed by atoms with van der Waals surface area (Å²) in [5.74, 6) is 0. The molecule has 0 spiro atoms. The molecule has 0 radical (unpaired) electrons. The van der Waals surface area contributed by atoms with E-state index in [1.165, 1.54) is 19.1 Å². The Bertz CT molecular complexity index is 456. The van der Waals surface area contributed by atoms with Crippen LogP contribution in [0.2, 0.25) is 0 Å². The third kappa shape index (κ3) is 4.61. The molecule has 2 rings (SSSR count). The lowest BCUT2D eigenvalue weighted by molar-refractivity contribution is -0.120. The van der Waals surface area contributed by atoms with Crippen LogP contribution in [-0.2, 0) is 15.9 Å². The first-order chi connectivity index (χ1) is 9.94. The van der Waals surface area contributed by atoms with E-state index in [1.54, 1.807) is 12.1 Å². The molecule has 0 N–H and O–H groups in total. The van der Waals surface area contributed by atoms with Crippen LogP contribution in [0.3, 0.4) is 0 Å². The molecular weight excluding hydrogens is 283 g/mol. The predicted octanol–water partition coefficient (Wildman–Crippen LogP) is 3.38. The summed E-state index contributed by atoms with van der Waals surface area (Å²) in [6.45, 7) is -0.917. The molecule has 0 aliphatic heterocycles. The minimum atomic E-state index is -4.21. The topological polar surface area (TPSA) is 21.7 Å². The van der Waals surface area contributed by atoms with E-state index in [1.807, 2.05) is 12.1 Å². The molecule has 0 unspecified atom stereocenters. The van der Waals surface area contributed by atoms with Crippen LogP contribution in [0.25, 0.3) is 0 Å². The molecule has 0 amide bonds. The summed E-state index contributed by atoms with van der Waals surface area (Å²) in [7, 11) is 3.04. The van der Waals surface area contributed by atoms with Crippen LogP contribution in [-0.4, -0.2) is 39.3 Å². The normalized spacial score (nSPS) is 15.5. The number of hydrogen-bond acceptors (Lipinski definition) is 3. The summed E-state index contributed by atoms with van der Waals surface area (Å²) in [6.07, 6.45) is -2.63. The van der Waals surface area contributed by atoms with Gasteiger partial charge < -0.3 is 14.4 Å². The molecule has 6 heteroatoms. The van der Waals surface area contributed by atoms with E-state index in [4.69, 9.17) is 9.47 Å². The van der Waals surface area contributed by atoms with Crippen molar-refractivity contribution >= 4 is 5.69 Å². The molecular formula is C15H20F3NO2. The molecule has 0 heterocycles. The summed E-state index contributed by atoms with van der Waals surface area (Å²) >= 11 is 0. The summed E-state index contributed by atoms with van der Waals surface area (Å²) in [5, 5.41) is 0. The molecule has 118 valence electrons. The van der Waals surface area contributed by atoms with Crippen molar-refractivity contribution in [2.45, 2.75) is 37.8 Å². The van der Waals surface area contributed by atoms with Crippen LogP contribution in [0.5, 0.6) is 0 Å². The zero-order valence-electron chi connectivity index (χ0n) is 12.2. The Morgan fingerprint density at radius 2 is 1.81 bits per heavy atom. The fourth-order valence-corrected chi connectivity index (χ4v) is 2.40. The van der Waals surface area contributed by atoms with Gasteiger partial charge in [-0.2, -0.15) is 13.2 Å². The SMILES string of the molecule is COC(Cc1ccccc1N(CC(F)(F)F)C1CC1)OC. The zero-order valence-corrected chi connectivity index (χ0v) is 12.2. The molecule has 3 nitrogen and oxygen atoms in total. The van der Waals surface area contributed by atoms with E-state index < -0.39 is 19.0 Å². The molecule has 0 bridgehead atoms. The van der Waals surface area contributed by atoms with Crippen molar-refractivity contribution in [1.29, 1.82) is 0 Å². The van der Waals surface area contributed by atoms with Gasteiger partial charge in [-0.25, -0.2) is 0 Å². The number of anilines is 1. The highest BCUT2D eigenvalue weighted by molar-refractivity contribution is 5.55. The lowest BCUT2D eigenvalue weighted by atomic mass is 10.1. The van der Waals surface area contributed by atoms with Crippen molar-refractivity contribution in [3.05, 3.63) is 29.8 Å². The second kappa shape index (κ2) is 6.66. The number of alkyl halides is 3. The van der Waals surface area contributed by atoms with E-state index >= 15 is 0 Å². The Morgan fingerprint density at radius 3 is 2.33 bits per heavy atom. The first-order valence-corrected chi connectivity index (χ1v) is 6.91. The lowest BCUT2D eigenvalue weighted by Crippen LogP contribution is -2.36. The fraction of sp³-hybridized carbons (Fsp3) is 0.600. The first-order valence-electron chi connectivity index (χ1n) is 6.91. The van der Waals surface area contributed by atoms with Gasteiger partial charge >= 0.3 is 6.18 Å². The van der Waals surface area contributed by atoms with Crippen LogP contribution in [0.1, 0.15) is 18.4 Å². The number of hydrogen-bond donors (Lipinski definition) is 0. The number of benzene rings is 1. The minimum absolute atomic E-state index is 0.0173. The maximum absolute atomic E-state index is 12.8. The second-order valence-electron chi connectivity index (χ2n) is 5.21. The molecule has 1 aliphatic rings. The molecule has 1 aliphatic carbocycles. The van der Waals surface area contributed by atoms with Crippen LogP contribution < -0.4 is 4.90 Å². The molecule has 21 heavy (non-hydrogen) atoms. The molecule has 0 saturated heterocycles. The quantitative estimate of drug-likeness (QED) is 0.721. The Kier molecular flexibility index (Phi) is 5.11. The lowest BCUT2D eigenvalue weighted by Gasteiger charge is -2.28. The maximum atomic E-state index is 12.8. The highest BCUT2D eigenvalue weighted by Crippen LogP contribution is 2.36. The minimum Gasteiger partial charge on any atom is -0.359 e. The van der Waals surface area contributed by atoms with E-state index in [0.717, 1.165) is 18.4 Å². The Morgan fingerprint density at radius 1 is 1.19 bits per heavy atom. The third-order valence-corrected chi connectivity index (χ3v) is 3.55. The van der Waals surface area contributed by atoms with Gasteiger partial charge in [0.15, 0.2) is 6.29 Å². The van der Waals surface area contributed by atoms with Crippen molar-refractivity contribution in [1.82, 2.24) is 0 Å². The molecule has 1 aromatic rings. The Balaban J connectivity index is 2.23. The number of methoxy groups -OCH3 is 2. The van der Waals surface area contributed by atoms with Crippen LogP contribution in [0.4, 0.5) is 18.9 Å². The van der Waals surface area contributed by atoms with Crippen molar-refractivity contribution in [2.75, 3.05) is 25.7 Å². The van der Waals surface area contributed by atoms with Crippen LogP contribution >= 0.6 is 0 Å². The largest absolute Gasteiger partial charge is 0.405 e. The number of halogens is 3. The van der Waals surface area contributed by atoms with Gasteiger partial charge in [-0.05, 0) is 24.5 Å². The van der Waals surface area contributed by atoms with Crippen LogP contribution in [0.15, 0.2) is 24.3 Å². The standard InChI is InChI=1S/C15H20F3NO2/c1-20-14(21-2)9-11-5-3-4-6-13(11)19(12-7-8-12)10-15(16,17)18/h3-6,12,14H,7-10H2,1-2H3. The Labute approximate surface area is 122 Å². The zero-order chi connectivity index (χ0) is 15.5. The summed E-state index contributed by atoms with van der Waals surface area (Å²) in [6, 6.07) is 7.13. The van der Waals surface area contributed by atoms with E-state index in [-0.39, 0.29) is 6.04 Å². The van der Waals surface area contributed by atoms with Crippen molar-refractivity contribution in [2.24, 2.45) is 0 Å². The monoisotopic (exact) mass is 303 g/mol. The smallest absolute Gasteiger partial charge is 0.359 e. The van der Waals surface area contributed by atoms with E-state index in [9.17, 15) is 13.2 Å². The molecule has 0 aromatic heterocycles. The summed E-state index contributed by atoms with van der Waals surface area (Å²) < 4.78 is 48.7. The van der Waals surface area contributed by atoms with Gasteiger partial charge in [0, 0.05) is 32.4 Å². The van der Waals surface area contributed by atoms with Gasteiger partial charge in [0.1, 0.15) is 6.54 Å². The maximum Gasteiger partial charge on any atom is 0.405 e.